The molecule has 2 rings (SSSR count). The topological polar surface area (TPSA) is 73.9 Å². The average molecular weight is 418 g/mol. The largest absolute Gasteiger partial charge is 0.390 e. The van der Waals surface area contributed by atoms with Gasteiger partial charge in [0.15, 0.2) is 5.96 Å². The highest BCUT2D eigenvalue weighted by Crippen LogP contribution is 2.15. The van der Waals surface area contributed by atoms with Crippen molar-refractivity contribution in [2.75, 3.05) is 31.5 Å². The lowest BCUT2D eigenvalue weighted by Gasteiger charge is -2.31. The zero-order valence-electron chi connectivity index (χ0n) is 13.1. The Labute approximate surface area is 150 Å². The van der Waals surface area contributed by atoms with E-state index >= 15 is 0 Å². The van der Waals surface area contributed by atoms with E-state index in [0.29, 0.717) is 19.0 Å². The first-order valence-corrected chi connectivity index (χ1v) is 7.66. The first kappa shape index (κ1) is 19.2. The van der Waals surface area contributed by atoms with Crippen molar-refractivity contribution in [2.45, 2.75) is 25.9 Å². The van der Waals surface area contributed by atoms with Gasteiger partial charge >= 0.3 is 0 Å². The number of nitrogens with zero attached hydrogens (tertiary/aromatic N) is 2. The number of aliphatic imine (C=N–C) groups is 1. The predicted molar refractivity (Wildman–Crippen MR) is 103 cm³/mol. The molecule has 1 saturated heterocycles. The minimum atomic E-state index is -0.463. The van der Waals surface area contributed by atoms with Gasteiger partial charge in [-0.1, -0.05) is 25.1 Å². The third kappa shape index (κ3) is 6.93. The number of rotatable bonds is 5. The number of likely N-dealkylation sites (tertiary alicyclic amines) is 1. The van der Waals surface area contributed by atoms with Gasteiger partial charge in [-0.15, -0.1) is 24.0 Å². The summed E-state index contributed by atoms with van der Waals surface area (Å²) in [4.78, 5) is 6.51. The van der Waals surface area contributed by atoms with Crippen LogP contribution in [0.15, 0.2) is 35.3 Å². The van der Waals surface area contributed by atoms with Crippen LogP contribution in [0.4, 0.5) is 5.69 Å². The number of benzene rings is 1. The Kier molecular flexibility index (Phi) is 8.74. The van der Waals surface area contributed by atoms with Gasteiger partial charge in [0.25, 0.3) is 0 Å². The smallest absolute Gasteiger partial charge is 0.193 e. The number of nitrogens with one attached hydrogen (secondary N) is 1. The average Bonchev–Trinajstić information content (AvgIpc) is 2.49. The van der Waals surface area contributed by atoms with Crippen molar-refractivity contribution in [1.29, 1.82) is 0 Å². The Hall–Kier alpha value is -0.860. The summed E-state index contributed by atoms with van der Waals surface area (Å²) >= 11 is 0. The van der Waals surface area contributed by atoms with Crippen molar-refractivity contribution in [3.8, 4) is 0 Å². The third-order valence-electron chi connectivity index (χ3n) is 3.86. The number of hydrogen-bond donors (Lipinski definition) is 3. The van der Waals surface area contributed by atoms with E-state index in [1.807, 2.05) is 30.3 Å². The van der Waals surface area contributed by atoms with E-state index < -0.39 is 6.10 Å². The minimum Gasteiger partial charge on any atom is -0.390 e. The Morgan fingerprint density at radius 3 is 2.64 bits per heavy atom. The van der Waals surface area contributed by atoms with E-state index in [1.165, 1.54) is 12.8 Å². The zero-order chi connectivity index (χ0) is 15.1. The van der Waals surface area contributed by atoms with Gasteiger partial charge in [0, 0.05) is 12.2 Å². The van der Waals surface area contributed by atoms with E-state index in [-0.39, 0.29) is 24.0 Å². The van der Waals surface area contributed by atoms with Crippen molar-refractivity contribution in [2.24, 2.45) is 16.6 Å². The van der Waals surface area contributed by atoms with Crippen molar-refractivity contribution < 1.29 is 5.11 Å². The van der Waals surface area contributed by atoms with Crippen LogP contribution in [0.25, 0.3) is 0 Å². The summed E-state index contributed by atoms with van der Waals surface area (Å²) in [5.74, 6) is 1.15. The van der Waals surface area contributed by atoms with Crippen LogP contribution in [0.5, 0.6) is 0 Å². The SMILES string of the molecule is CC1CCN(CC(O)CN=C(N)Nc2ccccc2)CC1.I. The molecule has 0 saturated carbocycles. The molecule has 0 bridgehead atoms. The van der Waals surface area contributed by atoms with Crippen molar-refractivity contribution in [3.63, 3.8) is 0 Å². The maximum absolute atomic E-state index is 10.1. The van der Waals surface area contributed by atoms with Gasteiger partial charge < -0.3 is 21.1 Å². The monoisotopic (exact) mass is 418 g/mol. The number of piperidine rings is 1. The molecule has 0 spiro atoms. The molecule has 22 heavy (non-hydrogen) atoms. The Balaban J connectivity index is 0.00000242. The van der Waals surface area contributed by atoms with Gasteiger partial charge in [-0.05, 0) is 44.0 Å². The fourth-order valence-electron chi connectivity index (χ4n) is 2.51. The van der Waals surface area contributed by atoms with E-state index in [1.54, 1.807) is 0 Å². The van der Waals surface area contributed by atoms with Crippen molar-refractivity contribution in [1.82, 2.24) is 4.90 Å². The molecule has 0 aromatic heterocycles. The lowest BCUT2D eigenvalue weighted by molar-refractivity contribution is 0.0968. The highest BCUT2D eigenvalue weighted by molar-refractivity contribution is 14.0. The fraction of sp³-hybridized carbons (Fsp3) is 0.562. The number of aliphatic hydroxyl groups excluding tert-OH is 1. The Morgan fingerprint density at radius 1 is 1.36 bits per heavy atom. The van der Waals surface area contributed by atoms with Crippen LogP contribution in [0.3, 0.4) is 0 Å². The summed E-state index contributed by atoms with van der Waals surface area (Å²) in [7, 11) is 0. The molecule has 1 aromatic rings. The van der Waals surface area contributed by atoms with Crippen LogP contribution in [0.1, 0.15) is 19.8 Å². The van der Waals surface area contributed by atoms with Crippen LogP contribution in [0, 0.1) is 5.92 Å². The molecule has 5 nitrogen and oxygen atoms in total. The lowest BCUT2D eigenvalue weighted by Crippen LogP contribution is -2.39. The fourth-order valence-corrected chi connectivity index (χ4v) is 2.51. The van der Waals surface area contributed by atoms with Crippen molar-refractivity contribution in [3.05, 3.63) is 30.3 Å². The van der Waals surface area contributed by atoms with Gasteiger partial charge in [-0.25, -0.2) is 0 Å². The molecule has 6 heteroatoms. The normalized spacial score (nSPS) is 18.5. The highest BCUT2D eigenvalue weighted by Gasteiger charge is 2.18. The first-order valence-electron chi connectivity index (χ1n) is 7.66. The number of halogens is 1. The number of anilines is 1. The second-order valence-electron chi connectivity index (χ2n) is 5.85. The summed E-state index contributed by atoms with van der Waals surface area (Å²) in [6.07, 6.45) is 1.97. The predicted octanol–water partition coefficient (Wildman–Crippen LogP) is 2.12. The van der Waals surface area contributed by atoms with Crippen LogP contribution in [-0.4, -0.2) is 48.2 Å². The summed E-state index contributed by atoms with van der Waals surface area (Å²) in [5.41, 5.74) is 6.72. The summed E-state index contributed by atoms with van der Waals surface area (Å²) in [5, 5.41) is 13.1. The molecule has 1 aliphatic heterocycles. The summed E-state index contributed by atoms with van der Waals surface area (Å²) in [6, 6.07) is 9.66. The molecule has 124 valence electrons. The van der Waals surface area contributed by atoms with Crippen LogP contribution in [0.2, 0.25) is 0 Å². The number of guanidine groups is 1. The standard InChI is InChI=1S/C16H26N4O.HI/c1-13-7-9-20(10-8-13)12-15(21)11-18-16(17)19-14-5-3-2-4-6-14;/h2-6,13,15,21H,7-12H2,1H3,(H3,17,18,19);1H. The molecule has 1 unspecified atom stereocenters. The second kappa shape index (κ2) is 10.0. The molecule has 0 aliphatic carbocycles. The molecule has 4 N–H and O–H groups in total. The number of aliphatic hydroxyl groups is 1. The Bertz CT molecular complexity index is 447. The maximum atomic E-state index is 10.1. The molecular formula is C16H27IN4O. The van der Waals surface area contributed by atoms with E-state index in [0.717, 1.165) is 24.7 Å². The number of β-amino-alcohol motifs (C(OH)–C–C–N with tert-alkyl or cyclic N) is 1. The van der Waals surface area contributed by atoms with Crippen LogP contribution in [-0.2, 0) is 0 Å². The van der Waals surface area contributed by atoms with Gasteiger partial charge in [0.1, 0.15) is 0 Å². The number of hydrogen-bond acceptors (Lipinski definition) is 3. The zero-order valence-corrected chi connectivity index (χ0v) is 15.4. The van der Waals surface area contributed by atoms with Gasteiger partial charge in [-0.3, -0.25) is 4.99 Å². The third-order valence-corrected chi connectivity index (χ3v) is 3.86. The quantitative estimate of drug-likeness (QED) is 0.389. The summed E-state index contributed by atoms with van der Waals surface area (Å²) < 4.78 is 0. The maximum Gasteiger partial charge on any atom is 0.193 e. The van der Waals surface area contributed by atoms with Crippen LogP contribution >= 0.6 is 24.0 Å². The van der Waals surface area contributed by atoms with Gasteiger partial charge in [0.2, 0.25) is 0 Å². The molecule has 0 amide bonds. The summed E-state index contributed by atoms with van der Waals surface area (Å²) in [6.45, 7) is 5.43. The van der Waals surface area contributed by atoms with E-state index in [9.17, 15) is 5.11 Å². The second-order valence-corrected chi connectivity index (χ2v) is 5.85. The molecule has 1 heterocycles. The molecule has 1 aromatic carbocycles. The van der Waals surface area contributed by atoms with Gasteiger partial charge in [0.05, 0.1) is 12.6 Å². The van der Waals surface area contributed by atoms with E-state index in [4.69, 9.17) is 5.73 Å². The lowest BCUT2D eigenvalue weighted by atomic mass is 9.99. The van der Waals surface area contributed by atoms with Gasteiger partial charge in [-0.2, -0.15) is 0 Å². The Morgan fingerprint density at radius 2 is 2.00 bits per heavy atom. The first-order chi connectivity index (χ1) is 10.1. The van der Waals surface area contributed by atoms with Crippen LogP contribution < -0.4 is 11.1 Å². The van der Waals surface area contributed by atoms with Crippen molar-refractivity contribution >= 4 is 35.6 Å². The molecule has 1 aliphatic rings. The van der Waals surface area contributed by atoms with E-state index in [2.05, 4.69) is 22.1 Å². The highest BCUT2D eigenvalue weighted by atomic mass is 127. The molecule has 0 radical (unpaired) electrons. The molecule has 1 fully saturated rings. The minimum absolute atomic E-state index is 0. The number of nitrogens with two attached hydrogens (primary N) is 1. The number of para-hydroxylation sites is 1. The molecule has 1 atom stereocenters. The molecular weight excluding hydrogens is 391 g/mol.